The van der Waals surface area contributed by atoms with Crippen molar-refractivity contribution in [2.75, 3.05) is 4.90 Å². The molecule has 65 heavy (non-hydrogen) atoms. The van der Waals surface area contributed by atoms with Gasteiger partial charge in [-0.25, -0.2) is 0 Å². The smallest absolute Gasteiger partial charge is 0.143 e. The molecule has 4 heteroatoms. The van der Waals surface area contributed by atoms with Crippen LogP contribution in [-0.4, -0.2) is 4.57 Å². The fraction of sp³-hybridized carbons (Fsp3) is 0.0164. The van der Waals surface area contributed by atoms with Gasteiger partial charge in [-0.15, -0.1) is 0 Å². The van der Waals surface area contributed by atoms with Crippen LogP contribution in [0.25, 0.3) is 105 Å². The fourth-order valence-electron chi connectivity index (χ4n) is 9.74. The second kappa shape index (κ2) is 14.9. The highest BCUT2D eigenvalue weighted by Gasteiger charge is 2.17. The third-order valence-electron chi connectivity index (χ3n) is 13.0. The van der Waals surface area contributed by atoms with E-state index in [4.69, 9.17) is 8.83 Å². The van der Waals surface area contributed by atoms with E-state index >= 15 is 0 Å². The fourth-order valence-corrected chi connectivity index (χ4v) is 9.74. The van der Waals surface area contributed by atoms with Crippen LogP contribution in [0, 0.1) is 12.1 Å². The molecule has 3 aromatic heterocycles. The van der Waals surface area contributed by atoms with Crippen molar-refractivity contribution >= 4 is 77.1 Å². The third-order valence-corrected chi connectivity index (χ3v) is 13.0. The van der Waals surface area contributed by atoms with Gasteiger partial charge < -0.3 is 18.3 Å². The van der Waals surface area contributed by atoms with Gasteiger partial charge in [0.1, 0.15) is 22.3 Å². The third kappa shape index (κ3) is 6.25. The lowest BCUT2D eigenvalue weighted by molar-refractivity contribution is 0.669. The van der Waals surface area contributed by atoms with Crippen LogP contribution in [0.1, 0.15) is 5.56 Å². The first-order valence-electron chi connectivity index (χ1n) is 22.0. The molecule has 3 heterocycles. The molecule has 13 aromatic rings. The Morgan fingerprint density at radius 3 is 1.71 bits per heavy atom. The van der Waals surface area contributed by atoms with E-state index in [1.165, 1.54) is 27.5 Å². The molecule has 0 aliphatic heterocycles. The molecular weight excluding hydrogens is 793 g/mol. The monoisotopic (exact) mass is 830 g/mol. The van der Waals surface area contributed by atoms with Crippen LogP contribution < -0.4 is 4.90 Å². The Morgan fingerprint density at radius 2 is 0.969 bits per heavy atom. The Labute approximate surface area is 375 Å². The average Bonchev–Trinajstić information content (AvgIpc) is 4.06. The van der Waals surface area contributed by atoms with E-state index in [2.05, 4.69) is 204 Å². The average molecular weight is 831 g/mol. The number of hydrogen-bond acceptors (Lipinski definition) is 3. The quantitative estimate of drug-likeness (QED) is 0.153. The van der Waals surface area contributed by atoms with Crippen LogP contribution in [-0.2, 0) is 6.54 Å². The van der Waals surface area contributed by atoms with Crippen molar-refractivity contribution in [2.45, 2.75) is 6.54 Å². The molecule has 0 saturated carbocycles. The van der Waals surface area contributed by atoms with Crippen molar-refractivity contribution in [1.82, 2.24) is 4.57 Å². The number of para-hydroxylation sites is 4. The predicted octanol–water partition coefficient (Wildman–Crippen LogP) is 16.5. The van der Waals surface area contributed by atoms with Gasteiger partial charge >= 0.3 is 0 Å². The molecule has 4 nitrogen and oxygen atoms in total. The van der Waals surface area contributed by atoms with Crippen LogP contribution in [0.4, 0.5) is 11.4 Å². The number of nitrogens with zero attached hydrogens (tertiary/aromatic N) is 2. The van der Waals surface area contributed by atoms with E-state index in [0.29, 0.717) is 6.54 Å². The zero-order chi connectivity index (χ0) is 42.8. The maximum atomic E-state index is 6.43. The van der Waals surface area contributed by atoms with Gasteiger partial charge in [0.15, 0.2) is 0 Å². The molecule has 0 spiro atoms. The summed E-state index contributed by atoms with van der Waals surface area (Å²) in [6.45, 7) is 0.683. The van der Waals surface area contributed by atoms with Crippen molar-refractivity contribution in [3.63, 3.8) is 0 Å². The number of benzene rings is 9. The standard InChI is InChI=1S/C61H38N2O2/c1-2-11-48(12-3-1)63-56-18-7-4-13-50(56)54-37-44(29-35-57(54)63)41-23-21-40(22-24-41)39-62(46-31-25-42(26-32-46)45-30-36-60-55(38-45)52-15-6-8-19-58(52)64-60)47-33-27-43(28-34-47)49-16-10-17-53-51-14-5-9-20-59(51)65-61(49)53/h1-2,4-11,13-38H,39H2. The predicted molar refractivity (Wildman–Crippen MR) is 268 cm³/mol. The molecule has 0 N–H and O–H groups in total. The largest absolute Gasteiger partial charge is 0.456 e. The molecule has 0 amide bonds. The second-order valence-electron chi connectivity index (χ2n) is 16.7. The molecule has 0 bridgehead atoms. The lowest BCUT2D eigenvalue weighted by Crippen LogP contribution is -2.16. The molecule has 0 aliphatic carbocycles. The molecule has 0 atom stereocenters. The van der Waals surface area contributed by atoms with Gasteiger partial charge in [-0.3, -0.25) is 0 Å². The SMILES string of the molecule is c1cccc(-n2c3ccccc3c3cc(-c4ccc(CN(c5ccc(-c6ccc7oc8ccccc8c7c6)cc5)c5ccc(-c6cccc7c6oc6ccccc67)cc5)cc4)ccc32)c#1. The molecule has 0 radical (unpaired) electrons. The first-order valence-corrected chi connectivity index (χ1v) is 22.0. The van der Waals surface area contributed by atoms with Crippen LogP contribution in [0.15, 0.2) is 227 Å². The summed E-state index contributed by atoms with van der Waals surface area (Å²) in [5.74, 6) is 0. The summed E-state index contributed by atoms with van der Waals surface area (Å²) in [5, 5.41) is 6.95. The molecule has 0 saturated heterocycles. The number of anilines is 2. The summed E-state index contributed by atoms with van der Waals surface area (Å²) in [6, 6.07) is 84.1. The van der Waals surface area contributed by atoms with Gasteiger partial charge in [0.05, 0.1) is 16.7 Å². The summed E-state index contributed by atoms with van der Waals surface area (Å²) in [6.07, 6.45) is 0. The first-order chi connectivity index (χ1) is 32.2. The summed E-state index contributed by atoms with van der Waals surface area (Å²) < 4.78 is 14.8. The van der Waals surface area contributed by atoms with Crippen molar-refractivity contribution in [1.29, 1.82) is 0 Å². The highest BCUT2D eigenvalue weighted by molar-refractivity contribution is 6.11. The zero-order valence-corrected chi connectivity index (χ0v) is 35.2. The Kier molecular flexibility index (Phi) is 8.47. The number of rotatable bonds is 8. The second-order valence-corrected chi connectivity index (χ2v) is 16.7. The van der Waals surface area contributed by atoms with Crippen molar-refractivity contribution in [3.8, 4) is 39.1 Å². The minimum atomic E-state index is 0.683. The molecule has 0 aliphatic rings. The molecule has 0 fully saturated rings. The van der Waals surface area contributed by atoms with E-state index in [9.17, 15) is 0 Å². The van der Waals surface area contributed by atoms with E-state index in [1.807, 2.05) is 36.4 Å². The molecule has 304 valence electrons. The lowest BCUT2D eigenvalue weighted by Gasteiger charge is -2.26. The van der Waals surface area contributed by atoms with Crippen LogP contribution in [0.5, 0.6) is 0 Å². The highest BCUT2D eigenvalue weighted by atomic mass is 16.3. The van der Waals surface area contributed by atoms with E-state index in [0.717, 1.165) is 94.2 Å². The number of hydrogen-bond donors (Lipinski definition) is 0. The highest BCUT2D eigenvalue weighted by Crippen LogP contribution is 2.39. The number of fused-ring (bicyclic) bond motifs is 9. The summed E-state index contributed by atoms with van der Waals surface area (Å²) >= 11 is 0. The van der Waals surface area contributed by atoms with Crippen LogP contribution in [0.3, 0.4) is 0 Å². The maximum absolute atomic E-state index is 6.43. The van der Waals surface area contributed by atoms with Crippen LogP contribution in [0.2, 0.25) is 0 Å². The van der Waals surface area contributed by atoms with Crippen molar-refractivity contribution in [2.24, 2.45) is 0 Å². The summed E-state index contributed by atoms with van der Waals surface area (Å²) in [7, 11) is 0. The molecule has 0 unspecified atom stereocenters. The maximum Gasteiger partial charge on any atom is 0.143 e. The minimum absolute atomic E-state index is 0.683. The Morgan fingerprint density at radius 1 is 0.400 bits per heavy atom. The Hall–Kier alpha value is -8.78. The normalized spacial score (nSPS) is 11.6. The molecular formula is C61H38N2O2. The Bertz CT molecular complexity index is 3890. The van der Waals surface area contributed by atoms with Gasteiger partial charge in [-0.05, 0) is 118 Å². The first kappa shape index (κ1) is 36.8. The van der Waals surface area contributed by atoms with E-state index in [1.54, 1.807) is 0 Å². The minimum Gasteiger partial charge on any atom is -0.456 e. The molecule has 10 aromatic carbocycles. The van der Waals surface area contributed by atoms with Gasteiger partial charge in [0.2, 0.25) is 0 Å². The number of furan rings is 2. The zero-order valence-electron chi connectivity index (χ0n) is 35.2. The summed E-state index contributed by atoms with van der Waals surface area (Å²) in [5.41, 5.74) is 17.2. The van der Waals surface area contributed by atoms with Gasteiger partial charge in [-0.1, -0.05) is 146 Å². The van der Waals surface area contributed by atoms with Crippen molar-refractivity contribution < 1.29 is 8.83 Å². The van der Waals surface area contributed by atoms with Gasteiger partial charge in [0.25, 0.3) is 0 Å². The Balaban J connectivity index is 0.852. The van der Waals surface area contributed by atoms with E-state index < -0.39 is 0 Å². The molecule has 13 rings (SSSR count). The number of aromatic nitrogens is 1. The van der Waals surface area contributed by atoms with Gasteiger partial charge in [0, 0.05) is 55.8 Å². The van der Waals surface area contributed by atoms with Gasteiger partial charge in [-0.2, -0.15) is 0 Å². The van der Waals surface area contributed by atoms with Crippen molar-refractivity contribution in [3.05, 3.63) is 236 Å². The topological polar surface area (TPSA) is 34.5 Å². The van der Waals surface area contributed by atoms with Crippen LogP contribution >= 0.6 is 0 Å². The summed E-state index contributed by atoms with van der Waals surface area (Å²) in [4.78, 5) is 2.40. The van der Waals surface area contributed by atoms with E-state index in [-0.39, 0.29) is 0 Å². The lowest BCUT2D eigenvalue weighted by atomic mass is 10.00.